The fourth-order valence-corrected chi connectivity index (χ4v) is 2.13. The fourth-order valence-electron chi connectivity index (χ4n) is 2.13. The van der Waals surface area contributed by atoms with Gasteiger partial charge in [-0.3, -0.25) is 4.79 Å². The Hall–Kier alpha value is -0.790. The van der Waals surface area contributed by atoms with Crippen LogP contribution in [-0.4, -0.2) is 13.0 Å². The van der Waals surface area contributed by atoms with Crippen molar-refractivity contribution in [2.45, 2.75) is 47.0 Å². The van der Waals surface area contributed by atoms with Crippen molar-refractivity contribution in [2.75, 3.05) is 7.05 Å². The van der Waals surface area contributed by atoms with Crippen molar-refractivity contribution in [3.63, 3.8) is 0 Å². The molecule has 0 aromatic carbocycles. The molecule has 0 radical (unpaired) electrons. The smallest absolute Gasteiger partial charge is 0.226 e. The van der Waals surface area contributed by atoms with Gasteiger partial charge in [0.25, 0.3) is 0 Å². The van der Waals surface area contributed by atoms with Crippen LogP contribution in [0.1, 0.15) is 47.0 Å². The van der Waals surface area contributed by atoms with E-state index in [0.717, 1.165) is 19.3 Å². The number of hydrogen-bond acceptors (Lipinski definition) is 1. The average Bonchev–Trinajstić information content (AvgIpc) is 2.33. The lowest BCUT2D eigenvalue weighted by Gasteiger charge is -2.35. The summed E-state index contributed by atoms with van der Waals surface area (Å²) in [5, 5.41) is 2.78. The Morgan fingerprint density at radius 2 is 1.67 bits per heavy atom. The van der Waals surface area contributed by atoms with Crippen molar-refractivity contribution in [1.29, 1.82) is 0 Å². The Bertz CT molecular complexity index is 173. The monoisotopic (exact) mass is 213 g/mol. The summed E-state index contributed by atoms with van der Waals surface area (Å²) in [6.07, 6.45) is 2.92. The maximum Gasteiger partial charge on any atom is 0.226 e. The highest BCUT2D eigenvalue weighted by molar-refractivity contribution is 5.82. The molecule has 0 saturated carbocycles. The summed E-state index contributed by atoms with van der Waals surface area (Å²) in [5.41, 5.74) is -0.149. The Labute approximate surface area is 95.1 Å². The van der Waals surface area contributed by atoms with E-state index in [-0.39, 0.29) is 11.3 Å². The second kappa shape index (κ2) is 8.51. The zero-order valence-corrected chi connectivity index (χ0v) is 11.0. The van der Waals surface area contributed by atoms with Gasteiger partial charge in [-0.05, 0) is 18.8 Å². The molecule has 1 N–H and O–H groups in total. The lowest BCUT2D eigenvalue weighted by molar-refractivity contribution is -0.134. The van der Waals surface area contributed by atoms with Crippen LogP contribution in [-0.2, 0) is 4.79 Å². The highest BCUT2D eigenvalue weighted by atomic mass is 16.2. The molecule has 1 unspecified atom stereocenters. The van der Waals surface area contributed by atoms with Gasteiger partial charge in [-0.2, -0.15) is 0 Å². The molecule has 0 saturated heterocycles. The van der Waals surface area contributed by atoms with Crippen molar-refractivity contribution in [2.24, 2.45) is 11.3 Å². The standard InChI is InChI=1S/C11H23NO.C2H4/c1-6-9(4)11(7-2,8-3)10(13)12-5;1-2/h9H,6-8H2,1-5H3,(H,12,13);1-2H2. The average molecular weight is 213 g/mol. The van der Waals surface area contributed by atoms with Gasteiger partial charge >= 0.3 is 0 Å². The zero-order valence-electron chi connectivity index (χ0n) is 11.0. The van der Waals surface area contributed by atoms with Gasteiger partial charge in [0.2, 0.25) is 5.91 Å². The predicted molar refractivity (Wildman–Crippen MR) is 67.8 cm³/mol. The molecule has 90 valence electrons. The molecule has 0 aliphatic rings. The summed E-state index contributed by atoms with van der Waals surface area (Å²) in [5.74, 6) is 0.661. The van der Waals surface area contributed by atoms with Crippen molar-refractivity contribution >= 4 is 5.91 Å². The van der Waals surface area contributed by atoms with E-state index in [1.165, 1.54) is 0 Å². The third-order valence-electron chi connectivity index (χ3n) is 3.50. The van der Waals surface area contributed by atoms with Crippen molar-refractivity contribution in [1.82, 2.24) is 5.32 Å². The highest BCUT2D eigenvalue weighted by Crippen LogP contribution is 2.37. The summed E-state index contributed by atoms with van der Waals surface area (Å²) in [6, 6.07) is 0. The van der Waals surface area contributed by atoms with E-state index in [4.69, 9.17) is 0 Å². The summed E-state index contributed by atoms with van der Waals surface area (Å²) < 4.78 is 0. The first-order chi connectivity index (χ1) is 7.08. The molecular weight excluding hydrogens is 186 g/mol. The van der Waals surface area contributed by atoms with E-state index in [2.05, 4.69) is 46.2 Å². The summed E-state index contributed by atoms with van der Waals surface area (Å²) >= 11 is 0. The topological polar surface area (TPSA) is 29.1 Å². The summed E-state index contributed by atoms with van der Waals surface area (Å²) in [4.78, 5) is 11.8. The third-order valence-corrected chi connectivity index (χ3v) is 3.50. The maximum atomic E-state index is 11.8. The van der Waals surface area contributed by atoms with Crippen LogP contribution in [0.3, 0.4) is 0 Å². The normalized spacial score (nSPS) is 12.3. The number of nitrogens with one attached hydrogen (secondary N) is 1. The Kier molecular flexibility index (Phi) is 9.44. The van der Waals surface area contributed by atoms with Crippen molar-refractivity contribution < 1.29 is 4.79 Å². The highest BCUT2D eigenvalue weighted by Gasteiger charge is 2.38. The van der Waals surface area contributed by atoms with Crippen LogP contribution in [0.2, 0.25) is 0 Å². The van der Waals surface area contributed by atoms with E-state index in [9.17, 15) is 4.79 Å². The summed E-state index contributed by atoms with van der Waals surface area (Å²) in [6.45, 7) is 14.5. The molecule has 15 heavy (non-hydrogen) atoms. The maximum absolute atomic E-state index is 11.8. The van der Waals surface area contributed by atoms with Crippen LogP contribution >= 0.6 is 0 Å². The molecule has 2 heteroatoms. The minimum absolute atomic E-state index is 0.149. The Morgan fingerprint density at radius 3 is 1.87 bits per heavy atom. The number of amides is 1. The van der Waals surface area contributed by atoms with E-state index in [0.29, 0.717) is 5.92 Å². The number of carbonyl (C=O) groups excluding carboxylic acids is 1. The van der Waals surface area contributed by atoms with Crippen LogP contribution in [0.4, 0.5) is 0 Å². The molecule has 0 rings (SSSR count). The first-order valence-corrected chi connectivity index (χ1v) is 5.81. The second-order valence-corrected chi connectivity index (χ2v) is 3.75. The SMILES string of the molecule is C=C.CCC(C)C(CC)(CC)C(=O)NC. The van der Waals surface area contributed by atoms with Gasteiger partial charge in [0, 0.05) is 7.05 Å². The van der Waals surface area contributed by atoms with Crippen LogP contribution in [0.25, 0.3) is 0 Å². The Morgan fingerprint density at radius 1 is 1.27 bits per heavy atom. The molecule has 0 aliphatic carbocycles. The van der Waals surface area contributed by atoms with Gasteiger partial charge in [-0.15, -0.1) is 13.2 Å². The molecular formula is C13H27NO. The van der Waals surface area contributed by atoms with Crippen LogP contribution in [0.5, 0.6) is 0 Å². The van der Waals surface area contributed by atoms with E-state index < -0.39 is 0 Å². The fraction of sp³-hybridized carbons (Fsp3) is 0.769. The third kappa shape index (κ3) is 3.69. The molecule has 0 spiro atoms. The molecule has 1 amide bonds. The van der Waals surface area contributed by atoms with Gasteiger partial charge in [0.05, 0.1) is 5.41 Å². The quantitative estimate of drug-likeness (QED) is 0.697. The van der Waals surface area contributed by atoms with E-state index in [1.807, 2.05) is 0 Å². The molecule has 0 heterocycles. The summed E-state index contributed by atoms with van der Waals surface area (Å²) in [7, 11) is 1.73. The van der Waals surface area contributed by atoms with Crippen molar-refractivity contribution in [3.8, 4) is 0 Å². The van der Waals surface area contributed by atoms with Gasteiger partial charge in [0.1, 0.15) is 0 Å². The minimum atomic E-state index is -0.149. The van der Waals surface area contributed by atoms with Gasteiger partial charge in [-0.25, -0.2) is 0 Å². The van der Waals surface area contributed by atoms with E-state index in [1.54, 1.807) is 7.05 Å². The molecule has 0 aliphatic heterocycles. The lowest BCUT2D eigenvalue weighted by Crippen LogP contribution is -2.43. The number of hydrogen-bond donors (Lipinski definition) is 1. The molecule has 0 bridgehead atoms. The largest absolute Gasteiger partial charge is 0.359 e. The van der Waals surface area contributed by atoms with Gasteiger partial charge in [-0.1, -0.05) is 34.1 Å². The Balaban J connectivity index is 0. The van der Waals surface area contributed by atoms with Gasteiger partial charge < -0.3 is 5.32 Å². The van der Waals surface area contributed by atoms with Crippen LogP contribution < -0.4 is 5.32 Å². The molecule has 0 aromatic rings. The van der Waals surface area contributed by atoms with E-state index >= 15 is 0 Å². The van der Waals surface area contributed by atoms with Crippen molar-refractivity contribution in [3.05, 3.63) is 13.2 Å². The lowest BCUT2D eigenvalue weighted by atomic mass is 9.70. The van der Waals surface area contributed by atoms with Crippen LogP contribution in [0.15, 0.2) is 13.2 Å². The molecule has 2 nitrogen and oxygen atoms in total. The second-order valence-electron chi connectivity index (χ2n) is 3.75. The van der Waals surface area contributed by atoms with Gasteiger partial charge in [0.15, 0.2) is 0 Å². The van der Waals surface area contributed by atoms with Crippen LogP contribution in [0, 0.1) is 11.3 Å². The first kappa shape index (κ1) is 16.6. The molecule has 0 aromatic heterocycles. The first-order valence-electron chi connectivity index (χ1n) is 5.81. The molecule has 1 atom stereocenters. The minimum Gasteiger partial charge on any atom is -0.359 e. The molecule has 0 fully saturated rings. The number of rotatable bonds is 5. The zero-order chi connectivity index (χ0) is 12.5. The number of carbonyl (C=O) groups is 1. The predicted octanol–water partition coefficient (Wildman–Crippen LogP) is 3.39.